The van der Waals surface area contributed by atoms with Crippen molar-refractivity contribution in [2.75, 3.05) is 33.0 Å². The Balaban J connectivity index is 1.66. The SMILES string of the molecule is COc1cc(C#Cc2nn(C3CCNC3)c3c(C4CC4)cnc(N)c23)cc(OC)c1. The first kappa shape index (κ1) is 18.8. The lowest BCUT2D eigenvalue weighted by Gasteiger charge is -2.13. The quantitative estimate of drug-likeness (QED) is 0.652. The van der Waals surface area contributed by atoms with E-state index in [4.69, 9.17) is 20.3 Å². The molecule has 1 unspecified atom stereocenters. The summed E-state index contributed by atoms with van der Waals surface area (Å²) in [5.74, 6) is 8.89. The number of pyridine rings is 1. The number of nitrogen functional groups attached to an aromatic ring is 1. The van der Waals surface area contributed by atoms with Crippen molar-refractivity contribution in [2.24, 2.45) is 0 Å². The molecular formula is C23H25N5O2. The monoisotopic (exact) mass is 403 g/mol. The van der Waals surface area contributed by atoms with Gasteiger partial charge in [-0.1, -0.05) is 5.92 Å². The lowest BCUT2D eigenvalue weighted by molar-refractivity contribution is 0.394. The largest absolute Gasteiger partial charge is 0.497 e. The van der Waals surface area contributed by atoms with Gasteiger partial charge in [-0.3, -0.25) is 4.68 Å². The van der Waals surface area contributed by atoms with Crippen LogP contribution in [0, 0.1) is 11.8 Å². The third-order valence-electron chi connectivity index (χ3n) is 5.86. The lowest BCUT2D eigenvalue weighted by atomic mass is 10.1. The molecule has 5 rings (SSSR count). The zero-order valence-corrected chi connectivity index (χ0v) is 17.2. The van der Waals surface area contributed by atoms with Gasteiger partial charge < -0.3 is 20.5 Å². The molecule has 1 aromatic carbocycles. The second kappa shape index (κ2) is 7.54. The van der Waals surface area contributed by atoms with Crippen molar-refractivity contribution >= 4 is 16.7 Å². The number of methoxy groups -OCH3 is 2. The number of hydrogen-bond acceptors (Lipinski definition) is 6. The molecule has 1 saturated heterocycles. The molecule has 1 aliphatic carbocycles. The minimum absolute atomic E-state index is 0.305. The van der Waals surface area contributed by atoms with Crippen LogP contribution < -0.4 is 20.5 Å². The Morgan fingerprint density at radius 3 is 2.50 bits per heavy atom. The average Bonchev–Trinajstić information content (AvgIpc) is 3.32. The van der Waals surface area contributed by atoms with Crippen molar-refractivity contribution in [1.82, 2.24) is 20.1 Å². The number of nitrogens with one attached hydrogen (secondary N) is 1. The molecule has 0 radical (unpaired) electrons. The van der Waals surface area contributed by atoms with Crippen LogP contribution in [0.4, 0.5) is 5.82 Å². The second-order valence-corrected chi connectivity index (χ2v) is 7.89. The normalized spacial score (nSPS) is 18.3. The first-order valence-electron chi connectivity index (χ1n) is 10.3. The van der Waals surface area contributed by atoms with Gasteiger partial charge in [0.15, 0.2) is 0 Å². The number of ether oxygens (including phenoxy) is 2. The van der Waals surface area contributed by atoms with Gasteiger partial charge in [0.25, 0.3) is 0 Å². The summed E-state index contributed by atoms with van der Waals surface area (Å²) in [6, 6.07) is 5.89. The fourth-order valence-corrected chi connectivity index (χ4v) is 4.12. The van der Waals surface area contributed by atoms with Gasteiger partial charge in [0, 0.05) is 24.4 Å². The highest BCUT2D eigenvalue weighted by atomic mass is 16.5. The maximum Gasteiger partial charge on any atom is 0.147 e. The van der Waals surface area contributed by atoms with Crippen molar-refractivity contribution in [2.45, 2.75) is 31.2 Å². The molecule has 30 heavy (non-hydrogen) atoms. The number of aromatic nitrogens is 3. The van der Waals surface area contributed by atoms with E-state index in [-0.39, 0.29) is 0 Å². The van der Waals surface area contributed by atoms with Gasteiger partial charge in [-0.2, -0.15) is 5.10 Å². The number of anilines is 1. The van der Waals surface area contributed by atoms with Gasteiger partial charge in [0.2, 0.25) is 0 Å². The Bertz CT molecular complexity index is 1140. The van der Waals surface area contributed by atoms with Crippen LogP contribution in [0.1, 0.15) is 48.0 Å². The van der Waals surface area contributed by atoms with Crippen LogP contribution in [-0.2, 0) is 0 Å². The summed E-state index contributed by atoms with van der Waals surface area (Å²) in [4.78, 5) is 4.48. The third kappa shape index (κ3) is 3.33. The van der Waals surface area contributed by atoms with E-state index in [2.05, 4.69) is 26.8 Å². The van der Waals surface area contributed by atoms with Crippen molar-refractivity contribution in [3.63, 3.8) is 0 Å². The predicted octanol–water partition coefficient (Wildman–Crippen LogP) is 2.84. The summed E-state index contributed by atoms with van der Waals surface area (Å²) in [5, 5.41) is 9.23. The zero-order valence-electron chi connectivity index (χ0n) is 17.2. The van der Waals surface area contributed by atoms with E-state index < -0.39 is 0 Å². The standard InChI is InChI=1S/C23H25N5O2/c1-29-17-9-14(10-18(11-17)30-2)3-6-20-21-22(28(27-20)16-7-8-25-12-16)19(15-4-5-15)13-26-23(21)24/h9-11,13,15-16,25H,4-5,7-8,12H2,1-2H3,(H2,24,26). The molecule has 0 spiro atoms. The van der Waals surface area contributed by atoms with E-state index in [9.17, 15) is 0 Å². The summed E-state index contributed by atoms with van der Waals surface area (Å²) in [5.41, 5.74) is 10.1. The number of rotatable bonds is 4. The number of nitrogens with two attached hydrogens (primary N) is 1. The van der Waals surface area contributed by atoms with Crippen LogP contribution in [0.15, 0.2) is 24.4 Å². The number of fused-ring (bicyclic) bond motifs is 1. The summed E-state index contributed by atoms with van der Waals surface area (Å²) in [6.45, 7) is 1.90. The van der Waals surface area contributed by atoms with Crippen molar-refractivity contribution in [3.05, 3.63) is 41.2 Å². The molecule has 0 bridgehead atoms. The first-order chi connectivity index (χ1) is 14.7. The molecule has 1 aliphatic heterocycles. The van der Waals surface area contributed by atoms with Gasteiger partial charge in [0.05, 0.1) is 31.2 Å². The predicted molar refractivity (Wildman–Crippen MR) is 116 cm³/mol. The van der Waals surface area contributed by atoms with E-state index in [0.717, 1.165) is 36.0 Å². The van der Waals surface area contributed by atoms with Crippen LogP contribution in [0.3, 0.4) is 0 Å². The molecule has 7 nitrogen and oxygen atoms in total. The topological polar surface area (TPSA) is 87.2 Å². The average molecular weight is 403 g/mol. The molecule has 154 valence electrons. The van der Waals surface area contributed by atoms with Crippen LogP contribution in [0.25, 0.3) is 10.9 Å². The minimum Gasteiger partial charge on any atom is -0.497 e. The Kier molecular flexibility index (Phi) is 4.72. The Morgan fingerprint density at radius 2 is 1.87 bits per heavy atom. The fourth-order valence-electron chi connectivity index (χ4n) is 4.12. The van der Waals surface area contributed by atoms with Crippen LogP contribution >= 0.6 is 0 Å². The van der Waals surface area contributed by atoms with Crippen LogP contribution in [0.5, 0.6) is 11.5 Å². The Morgan fingerprint density at radius 1 is 1.10 bits per heavy atom. The molecule has 1 atom stereocenters. The van der Waals surface area contributed by atoms with Crippen molar-refractivity contribution < 1.29 is 9.47 Å². The van der Waals surface area contributed by atoms with E-state index >= 15 is 0 Å². The zero-order chi connectivity index (χ0) is 20.7. The molecule has 7 heteroatoms. The number of hydrogen-bond donors (Lipinski definition) is 2. The highest BCUT2D eigenvalue weighted by Crippen LogP contribution is 2.44. The van der Waals surface area contributed by atoms with Crippen LogP contribution in [-0.4, -0.2) is 42.1 Å². The minimum atomic E-state index is 0.305. The molecule has 1 saturated carbocycles. The van der Waals surface area contributed by atoms with Gasteiger partial charge in [-0.15, -0.1) is 0 Å². The smallest absolute Gasteiger partial charge is 0.147 e. The van der Waals surface area contributed by atoms with Gasteiger partial charge >= 0.3 is 0 Å². The Labute approximate surface area is 175 Å². The molecule has 2 aromatic heterocycles. The van der Waals surface area contributed by atoms with E-state index in [1.54, 1.807) is 14.2 Å². The molecule has 3 aromatic rings. The summed E-state index contributed by atoms with van der Waals surface area (Å²) >= 11 is 0. The molecular weight excluding hydrogens is 378 g/mol. The molecule has 3 N–H and O–H groups in total. The summed E-state index contributed by atoms with van der Waals surface area (Å²) < 4.78 is 12.8. The summed E-state index contributed by atoms with van der Waals surface area (Å²) in [6.07, 6.45) is 5.36. The Hall–Kier alpha value is -3.24. The number of benzene rings is 1. The van der Waals surface area contributed by atoms with Crippen molar-refractivity contribution in [1.29, 1.82) is 0 Å². The maximum atomic E-state index is 6.33. The highest BCUT2D eigenvalue weighted by molar-refractivity contribution is 5.95. The molecule has 0 amide bonds. The van der Waals surface area contributed by atoms with E-state index in [0.29, 0.717) is 35.0 Å². The van der Waals surface area contributed by atoms with Gasteiger partial charge in [-0.05, 0) is 55.3 Å². The number of nitrogens with zero attached hydrogens (tertiary/aromatic N) is 3. The van der Waals surface area contributed by atoms with Crippen molar-refractivity contribution in [3.8, 4) is 23.3 Å². The fraction of sp³-hybridized carbons (Fsp3) is 0.391. The highest BCUT2D eigenvalue weighted by Gasteiger charge is 2.31. The van der Waals surface area contributed by atoms with E-state index in [1.165, 1.54) is 18.4 Å². The molecule has 3 heterocycles. The molecule has 2 aliphatic rings. The summed E-state index contributed by atoms with van der Waals surface area (Å²) in [7, 11) is 3.26. The van der Waals surface area contributed by atoms with Crippen LogP contribution in [0.2, 0.25) is 0 Å². The third-order valence-corrected chi connectivity index (χ3v) is 5.86. The first-order valence-corrected chi connectivity index (χ1v) is 10.3. The van der Waals surface area contributed by atoms with Gasteiger partial charge in [0.1, 0.15) is 23.0 Å². The molecule has 2 fully saturated rings. The lowest BCUT2D eigenvalue weighted by Crippen LogP contribution is -2.15. The second-order valence-electron chi connectivity index (χ2n) is 7.89. The van der Waals surface area contributed by atoms with Gasteiger partial charge in [-0.25, -0.2) is 4.98 Å². The maximum absolute atomic E-state index is 6.33. The van der Waals surface area contributed by atoms with E-state index in [1.807, 2.05) is 24.4 Å².